The van der Waals surface area contributed by atoms with Crippen LogP contribution in [0.25, 0.3) is 0 Å². The molecule has 1 N–H and O–H groups in total. The van der Waals surface area contributed by atoms with Crippen molar-refractivity contribution >= 4 is 0 Å². The minimum atomic E-state index is 0.729. The smallest absolute Gasteiger partial charge is 0.0169 e. The zero-order chi connectivity index (χ0) is 9.56. The van der Waals surface area contributed by atoms with Crippen molar-refractivity contribution in [2.24, 2.45) is 5.92 Å². The molecule has 1 aliphatic heterocycles. The van der Waals surface area contributed by atoms with Crippen molar-refractivity contribution in [1.82, 2.24) is 5.32 Å². The fourth-order valence-electron chi connectivity index (χ4n) is 1.51. The molecule has 0 bridgehead atoms. The number of hydrogen-bond donors (Lipinski definition) is 1. The molecular weight excluding hydrogens is 146 g/mol. The van der Waals surface area contributed by atoms with Crippen molar-refractivity contribution in [1.29, 1.82) is 0 Å². The van der Waals surface area contributed by atoms with Crippen molar-refractivity contribution in [2.75, 3.05) is 13.1 Å². The Hall–Kier alpha value is -0.300. The molecule has 0 fully saturated rings. The third-order valence-electron chi connectivity index (χ3n) is 2.24. The minimum Gasteiger partial charge on any atom is -0.313 e. The van der Waals surface area contributed by atoms with E-state index in [0.29, 0.717) is 0 Å². The quantitative estimate of drug-likeness (QED) is 0.595. The summed E-state index contributed by atoms with van der Waals surface area (Å²) in [4.78, 5) is 0. The number of hydrogen-bond acceptors (Lipinski definition) is 1. The fourth-order valence-corrected chi connectivity index (χ4v) is 1.51. The molecule has 0 amide bonds. The van der Waals surface area contributed by atoms with E-state index in [1.807, 2.05) is 13.8 Å². The summed E-state index contributed by atoms with van der Waals surface area (Å²) < 4.78 is 0. The topological polar surface area (TPSA) is 12.0 Å². The molecule has 1 nitrogen and oxygen atoms in total. The van der Waals surface area contributed by atoms with E-state index in [0.717, 1.165) is 12.5 Å². The molecule has 1 heteroatoms. The molecule has 0 saturated carbocycles. The van der Waals surface area contributed by atoms with Gasteiger partial charge in [-0.25, -0.2) is 0 Å². The standard InChI is InChI=1S/C9H17N.C2H6/c1-7(2)9-6-10-5-4-8(9)3;1-2/h7,10H,4-6H2,1-3H3;1-2H3. The average molecular weight is 169 g/mol. The molecule has 1 heterocycles. The zero-order valence-corrected chi connectivity index (χ0v) is 9.20. The highest BCUT2D eigenvalue weighted by Gasteiger charge is 2.10. The molecule has 0 saturated heterocycles. The molecular formula is C11H23N. The Labute approximate surface area is 77.2 Å². The largest absolute Gasteiger partial charge is 0.313 e. The van der Waals surface area contributed by atoms with Crippen LogP contribution in [0.5, 0.6) is 0 Å². The minimum absolute atomic E-state index is 0.729. The lowest BCUT2D eigenvalue weighted by Crippen LogP contribution is -2.26. The van der Waals surface area contributed by atoms with Crippen LogP contribution in [0.3, 0.4) is 0 Å². The van der Waals surface area contributed by atoms with Gasteiger partial charge >= 0.3 is 0 Å². The van der Waals surface area contributed by atoms with Gasteiger partial charge < -0.3 is 5.32 Å². The predicted octanol–water partition coefficient (Wildman–Crippen LogP) is 2.98. The Bertz CT molecular complexity index is 145. The van der Waals surface area contributed by atoms with Gasteiger partial charge in [-0.2, -0.15) is 0 Å². The van der Waals surface area contributed by atoms with E-state index in [-0.39, 0.29) is 0 Å². The van der Waals surface area contributed by atoms with E-state index in [1.165, 1.54) is 13.0 Å². The highest BCUT2D eigenvalue weighted by atomic mass is 14.9. The first-order chi connectivity index (χ1) is 5.72. The average Bonchev–Trinajstić information content (AvgIpc) is 2.08. The van der Waals surface area contributed by atoms with Gasteiger partial charge in [0.25, 0.3) is 0 Å². The molecule has 0 atom stereocenters. The summed E-state index contributed by atoms with van der Waals surface area (Å²) in [5, 5.41) is 3.39. The summed E-state index contributed by atoms with van der Waals surface area (Å²) in [5.74, 6) is 0.729. The van der Waals surface area contributed by atoms with E-state index < -0.39 is 0 Å². The number of rotatable bonds is 1. The normalized spacial score (nSPS) is 17.5. The lowest BCUT2D eigenvalue weighted by molar-refractivity contribution is 0.606. The van der Waals surface area contributed by atoms with Crippen LogP contribution >= 0.6 is 0 Å². The Kier molecular flexibility index (Phi) is 6.09. The van der Waals surface area contributed by atoms with Gasteiger partial charge in [0.2, 0.25) is 0 Å². The van der Waals surface area contributed by atoms with E-state index >= 15 is 0 Å². The van der Waals surface area contributed by atoms with Crippen LogP contribution in [-0.2, 0) is 0 Å². The van der Waals surface area contributed by atoms with Crippen LogP contribution in [-0.4, -0.2) is 13.1 Å². The molecule has 0 spiro atoms. The second kappa shape index (κ2) is 6.24. The van der Waals surface area contributed by atoms with Gasteiger partial charge in [0.15, 0.2) is 0 Å². The van der Waals surface area contributed by atoms with Crippen molar-refractivity contribution < 1.29 is 0 Å². The van der Waals surface area contributed by atoms with E-state index in [1.54, 1.807) is 11.1 Å². The van der Waals surface area contributed by atoms with Gasteiger partial charge in [-0.1, -0.05) is 38.8 Å². The van der Waals surface area contributed by atoms with Crippen molar-refractivity contribution in [2.45, 2.75) is 41.0 Å². The van der Waals surface area contributed by atoms with Gasteiger partial charge in [-0.15, -0.1) is 0 Å². The molecule has 1 aliphatic rings. The van der Waals surface area contributed by atoms with Crippen LogP contribution in [0.1, 0.15) is 41.0 Å². The Balaban J connectivity index is 0.000000561. The highest BCUT2D eigenvalue weighted by molar-refractivity contribution is 5.18. The van der Waals surface area contributed by atoms with Gasteiger partial charge in [0.1, 0.15) is 0 Å². The maximum absolute atomic E-state index is 3.39. The summed E-state index contributed by atoms with van der Waals surface area (Å²) in [6.45, 7) is 13.1. The Morgan fingerprint density at radius 3 is 2.17 bits per heavy atom. The third-order valence-corrected chi connectivity index (χ3v) is 2.24. The van der Waals surface area contributed by atoms with Crippen molar-refractivity contribution in [3.05, 3.63) is 11.1 Å². The first-order valence-electron chi connectivity index (χ1n) is 5.11. The molecule has 0 aliphatic carbocycles. The fraction of sp³-hybridized carbons (Fsp3) is 0.818. The second-order valence-electron chi connectivity index (χ2n) is 3.39. The monoisotopic (exact) mass is 169 g/mol. The second-order valence-corrected chi connectivity index (χ2v) is 3.39. The predicted molar refractivity (Wildman–Crippen MR) is 56.4 cm³/mol. The van der Waals surface area contributed by atoms with Crippen LogP contribution < -0.4 is 5.32 Å². The van der Waals surface area contributed by atoms with Crippen LogP contribution in [0.4, 0.5) is 0 Å². The molecule has 0 aromatic rings. The maximum atomic E-state index is 3.39. The summed E-state index contributed by atoms with van der Waals surface area (Å²) in [5.41, 5.74) is 3.22. The maximum Gasteiger partial charge on any atom is 0.0169 e. The summed E-state index contributed by atoms with van der Waals surface area (Å²) in [6, 6.07) is 0. The molecule has 72 valence electrons. The highest BCUT2D eigenvalue weighted by Crippen LogP contribution is 2.18. The third kappa shape index (κ3) is 3.40. The first kappa shape index (κ1) is 11.7. The van der Waals surface area contributed by atoms with Gasteiger partial charge in [0.05, 0.1) is 0 Å². The molecule has 1 rings (SSSR count). The first-order valence-corrected chi connectivity index (χ1v) is 5.11. The van der Waals surface area contributed by atoms with Gasteiger partial charge in [-0.3, -0.25) is 0 Å². The van der Waals surface area contributed by atoms with Crippen molar-refractivity contribution in [3.8, 4) is 0 Å². The summed E-state index contributed by atoms with van der Waals surface area (Å²) >= 11 is 0. The SMILES string of the molecule is CC.CC1=C(C(C)C)CNCC1. The molecule has 0 aromatic heterocycles. The zero-order valence-electron chi connectivity index (χ0n) is 9.20. The molecule has 0 radical (unpaired) electrons. The molecule has 0 unspecified atom stereocenters. The summed E-state index contributed by atoms with van der Waals surface area (Å²) in [6.07, 6.45) is 1.24. The Morgan fingerprint density at radius 1 is 1.25 bits per heavy atom. The van der Waals surface area contributed by atoms with E-state index in [2.05, 4.69) is 26.1 Å². The molecule has 0 aromatic carbocycles. The van der Waals surface area contributed by atoms with Crippen molar-refractivity contribution in [3.63, 3.8) is 0 Å². The van der Waals surface area contributed by atoms with E-state index in [9.17, 15) is 0 Å². The molecule has 12 heavy (non-hydrogen) atoms. The lowest BCUT2D eigenvalue weighted by Gasteiger charge is -2.21. The van der Waals surface area contributed by atoms with Crippen LogP contribution in [0.15, 0.2) is 11.1 Å². The number of nitrogens with one attached hydrogen (secondary N) is 1. The van der Waals surface area contributed by atoms with E-state index in [4.69, 9.17) is 0 Å². The lowest BCUT2D eigenvalue weighted by atomic mass is 9.94. The van der Waals surface area contributed by atoms with Gasteiger partial charge in [0, 0.05) is 6.54 Å². The van der Waals surface area contributed by atoms with Crippen LogP contribution in [0, 0.1) is 5.92 Å². The Morgan fingerprint density at radius 2 is 1.83 bits per heavy atom. The van der Waals surface area contributed by atoms with Crippen LogP contribution in [0.2, 0.25) is 0 Å². The van der Waals surface area contributed by atoms with Gasteiger partial charge in [-0.05, 0) is 25.8 Å². The summed E-state index contributed by atoms with van der Waals surface area (Å²) in [7, 11) is 0.